The number of methoxy groups -OCH3 is 1. The average molecular weight is 617 g/mol. The summed E-state index contributed by atoms with van der Waals surface area (Å²) in [4.78, 5) is 41.7. The minimum atomic E-state index is -0.358. The second-order valence-corrected chi connectivity index (χ2v) is 11.9. The fourth-order valence-corrected chi connectivity index (χ4v) is 6.01. The number of carbonyl (C=O) groups is 1. The smallest absolute Gasteiger partial charge is 0.278 e. The van der Waals surface area contributed by atoms with E-state index in [-0.39, 0.29) is 46.9 Å². The Morgan fingerprint density at radius 2 is 1.89 bits per heavy atom. The minimum absolute atomic E-state index is 0.0454. The van der Waals surface area contributed by atoms with Gasteiger partial charge in [-0.3, -0.25) is 19.9 Å². The normalized spacial score (nSPS) is 16.9. The van der Waals surface area contributed by atoms with Crippen molar-refractivity contribution in [3.63, 3.8) is 0 Å². The first-order valence-corrected chi connectivity index (χ1v) is 15.5. The molecule has 2 aromatic heterocycles. The lowest BCUT2D eigenvalue weighted by atomic mass is 10.0. The van der Waals surface area contributed by atoms with Gasteiger partial charge < -0.3 is 25.2 Å². The molecule has 45 heavy (non-hydrogen) atoms. The van der Waals surface area contributed by atoms with Gasteiger partial charge in [-0.25, -0.2) is 14.3 Å². The van der Waals surface area contributed by atoms with Crippen LogP contribution in [-0.4, -0.2) is 106 Å². The Kier molecular flexibility index (Phi) is 9.99. The molecule has 2 saturated heterocycles. The van der Waals surface area contributed by atoms with Crippen molar-refractivity contribution < 1.29 is 9.53 Å². The second kappa shape index (κ2) is 14.1. The number of hydrogen-bond donors (Lipinski definition) is 3. The molecule has 0 unspecified atom stereocenters. The van der Waals surface area contributed by atoms with Gasteiger partial charge in [-0.2, -0.15) is 4.98 Å². The number of nitrogens with one attached hydrogen (secondary N) is 3. The number of ether oxygens (including phenoxy) is 1. The van der Waals surface area contributed by atoms with Crippen molar-refractivity contribution in [2.45, 2.75) is 45.3 Å². The molecule has 2 fully saturated rings. The van der Waals surface area contributed by atoms with Gasteiger partial charge in [-0.1, -0.05) is 6.08 Å². The molecule has 0 atom stereocenters. The summed E-state index contributed by atoms with van der Waals surface area (Å²) in [6, 6.07) is 6.55. The van der Waals surface area contributed by atoms with Gasteiger partial charge in [0.05, 0.1) is 19.3 Å². The van der Waals surface area contributed by atoms with Gasteiger partial charge >= 0.3 is 0 Å². The lowest BCUT2D eigenvalue weighted by Crippen LogP contribution is -2.53. The van der Waals surface area contributed by atoms with Crippen LogP contribution in [0, 0.1) is 5.41 Å². The van der Waals surface area contributed by atoms with E-state index >= 15 is 0 Å². The molecule has 1 amide bonds. The van der Waals surface area contributed by atoms with E-state index in [1.54, 1.807) is 13.2 Å². The van der Waals surface area contributed by atoms with E-state index < -0.39 is 0 Å². The van der Waals surface area contributed by atoms with E-state index in [0.29, 0.717) is 6.04 Å². The zero-order valence-electron chi connectivity index (χ0n) is 26.6. The third-order valence-electron chi connectivity index (χ3n) is 8.32. The number of carbonyl (C=O) groups excluding carboxylic acids is 1. The van der Waals surface area contributed by atoms with Gasteiger partial charge in [0.15, 0.2) is 5.65 Å². The third kappa shape index (κ3) is 7.26. The van der Waals surface area contributed by atoms with Crippen LogP contribution in [0.25, 0.3) is 11.0 Å². The molecule has 2 aliphatic heterocycles. The molecule has 13 nitrogen and oxygen atoms in total. The molecule has 1 aromatic carbocycles. The number of likely N-dealkylation sites (tertiary alicyclic amines) is 1. The zero-order valence-corrected chi connectivity index (χ0v) is 26.6. The number of hydrogen-bond acceptors (Lipinski definition) is 10. The molecule has 0 aliphatic carbocycles. The first kappa shape index (κ1) is 31.9. The van der Waals surface area contributed by atoms with Gasteiger partial charge in [-0.15, -0.1) is 6.58 Å². The summed E-state index contributed by atoms with van der Waals surface area (Å²) in [5.74, 6) is 0.559. The first-order valence-electron chi connectivity index (χ1n) is 15.5. The molecule has 0 spiro atoms. The number of rotatable bonds is 10. The molecule has 3 aromatic rings. The maximum atomic E-state index is 13.2. The Morgan fingerprint density at radius 3 is 2.56 bits per heavy atom. The number of piperazine rings is 1. The molecule has 13 heteroatoms. The van der Waals surface area contributed by atoms with Gasteiger partial charge in [-0.05, 0) is 65.0 Å². The molecule has 0 saturated carbocycles. The number of piperidine rings is 1. The zero-order chi connectivity index (χ0) is 32.1. The predicted molar refractivity (Wildman–Crippen MR) is 178 cm³/mol. The van der Waals surface area contributed by atoms with Crippen molar-refractivity contribution in [1.29, 1.82) is 5.41 Å². The summed E-state index contributed by atoms with van der Waals surface area (Å²) in [7, 11) is 3.87. The maximum Gasteiger partial charge on any atom is 0.278 e. The number of anilines is 3. The molecule has 0 bridgehead atoms. The van der Waals surface area contributed by atoms with E-state index in [1.807, 2.05) is 32.0 Å². The summed E-state index contributed by atoms with van der Waals surface area (Å²) in [5, 5.41) is 14.9. The molecule has 2 aliphatic rings. The van der Waals surface area contributed by atoms with Crippen molar-refractivity contribution in [3.05, 3.63) is 59.6 Å². The number of nitrogens with zero attached hydrogens (tertiary/aromatic N) is 7. The van der Waals surface area contributed by atoms with Crippen LogP contribution in [0.1, 0.15) is 26.7 Å². The largest absolute Gasteiger partial charge is 0.495 e. The summed E-state index contributed by atoms with van der Waals surface area (Å²) < 4.78 is 8.50. The van der Waals surface area contributed by atoms with Crippen molar-refractivity contribution in [3.8, 4) is 5.75 Å². The Bertz CT molecular complexity index is 1630. The quantitative estimate of drug-likeness (QED) is 0.136. The predicted octanol–water partition coefficient (Wildman–Crippen LogP) is 2.65. The van der Waals surface area contributed by atoms with Gasteiger partial charge in [0.25, 0.3) is 5.56 Å². The van der Waals surface area contributed by atoms with E-state index in [1.165, 1.54) is 53.6 Å². The molecule has 5 rings (SSSR count). The second-order valence-electron chi connectivity index (χ2n) is 11.9. The SMILES string of the molecule is C=CCn1c(=O)c2cnc(Nc3ccc(N4CCN(C5CCN(C)CC5)CC4)c(OC)c3)nc2n1C(=N)/C=C\C(=O)NC(C)C. The lowest BCUT2D eigenvalue weighted by molar-refractivity contribution is -0.116. The van der Waals surface area contributed by atoms with E-state index in [4.69, 9.17) is 10.1 Å². The van der Waals surface area contributed by atoms with Crippen LogP contribution in [-0.2, 0) is 11.3 Å². The lowest BCUT2D eigenvalue weighted by Gasteiger charge is -2.43. The molecule has 0 radical (unpaired) electrons. The Morgan fingerprint density at radius 1 is 1.16 bits per heavy atom. The van der Waals surface area contributed by atoms with Gasteiger partial charge in [0.1, 0.15) is 17.0 Å². The number of fused-ring (bicyclic) bond motifs is 1. The monoisotopic (exact) mass is 616 g/mol. The Balaban J connectivity index is 1.34. The third-order valence-corrected chi connectivity index (χ3v) is 8.32. The molecule has 4 heterocycles. The highest BCUT2D eigenvalue weighted by Gasteiger charge is 2.27. The minimum Gasteiger partial charge on any atom is -0.495 e. The highest BCUT2D eigenvalue weighted by atomic mass is 16.5. The van der Waals surface area contributed by atoms with Crippen molar-refractivity contribution >= 4 is 40.1 Å². The number of aromatic nitrogens is 4. The highest BCUT2D eigenvalue weighted by molar-refractivity contribution is 6.02. The van der Waals surface area contributed by atoms with E-state index in [0.717, 1.165) is 43.3 Å². The summed E-state index contributed by atoms with van der Waals surface area (Å²) in [6.45, 7) is 13.9. The van der Waals surface area contributed by atoms with Crippen LogP contribution in [0.4, 0.5) is 17.3 Å². The van der Waals surface area contributed by atoms with Crippen LogP contribution in [0.3, 0.4) is 0 Å². The van der Waals surface area contributed by atoms with Crippen LogP contribution in [0.2, 0.25) is 0 Å². The maximum absolute atomic E-state index is 13.2. The average Bonchev–Trinajstić information content (AvgIpc) is 3.30. The fraction of sp³-hybridized carbons (Fsp3) is 0.469. The summed E-state index contributed by atoms with van der Waals surface area (Å²) >= 11 is 0. The highest BCUT2D eigenvalue weighted by Crippen LogP contribution is 2.33. The topological polar surface area (TPSA) is 137 Å². The van der Waals surface area contributed by atoms with Crippen LogP contribution >= 0.6 is 0 Å². The summed E-state index contributed by atoms with van der Waals surface area (Å²) in [6.07, 6.45) is 8.07. The van der Waals surface area contributed by atoms with Crippen LogP contribution in [0.15, 0.2) is 54.0 Å². The Hall–Kier alpha value is -4.49. The standard InChI is InChI=1S/C32H44N10O3/c1-6-13-41-31(44)25-21-34-32(37-30(25)42(41)28(33)9-10-29(43)35-22(2)3)36-23-7-8-26(27(20-23)45-5)40-18-16-39(17-19-40)24-11-14-38(4)15-12-24/h6-10,20-22,24,33H,1,11-19H2,2-5H3,(H,35,43)(H,34,36,37)/b10-9-,33-28?. The number of allylic oxidation sites excluding steroid dienone is 2. The number of amides is 1. The summed E-state index contributed by atoms with van der Waals surface area (Å²) in [5.41, 5.74) is 1.65. The number of benzene rings is 1. The van der Waals surface area contributed by atoms with Gasteiger partial charge in [0.2, 0.25) is 11.9 Å². The first-order chi connectivity index (χ1) is 21.7. The molecule has 240 valence electrons. The van der Waals surface area contributed by atoms with E-state index in [9.17, 15) is 9.59 Å². The molecular formula is C32H44N10O3. The van der Waals surface area contributed by atoms with Gasteiger partial charge in [0, 0.05) is 62.3 Å². The fourth-order valence-electron chi connectivity index (χ4n) is 6.01. The van der Waals surface area contributed by atoms with Crippen LogP contribution < -0.4 is 25.8 Å². The van der Waals surface area contributed by atoms with Crippen LogP contribution in [0.5, 0.6) is 5.75 Å². The molecular weight excluding hydrogens is 572 g/mol. The van der Waals surface area contributed by atoms with Crippen molar-refractivity contribution in [1.82, 2.24) is 34.4 Å². The Labute approximate surface area is 263 Å². The van der Waals surface area contributed by atoms with Crippen molar-refractivity contribution in [2.24, 2.45) is 0 Å². The van der Waals surface area contributed by atoms with E-state index in [2.05, 4.69) is 48.9 Å². The molecule has 3 N–H and O–H groups in total. The van der Waals surface area contributed by atoms with Crippen molar-refractivity contribution in [2.75, 3.05) is 63.6 Å².